The Morgan fingerprint density at radius 1 is 1.38 bits per heavy atom. The average Bonchev–Trinajstić information content (AvgIpc) is 2.43. The van der Waals surface area contributed by atoms with E-state index in [1.165, 1.54) is 12.0 Å². The standard InChI is InChI=1S/C14H18FNO5/c1-3-21-13(18)9-16(6-7-20-2)14(19)11-5-4-10(15)8-12(11)17/h4-5,8,17H,3,6-7,9H2,1-2H3. The number of phenolic OH excluding ortho intramolecular Hbond substituents is 1. The molecule has 1 aromatic rings. The molecule has 0 radical (unpaired) electrons. The molecule has 0 aliphatic rings. The van der Waals surface area contributed by atoms with Crippen LogP contribution in [0.2, 0.25) is 0 Å². The first kappa shape index (κ1) is 16.9. The van der Waals surface area contributed by atoms with Crippen LogP contribution in [0.5, 0.6) is 5.75 Å². The Bertz CT molecular complexity index is 506. The zero-order chi connectivity index (χ0) is 15.8. The monoisotopic (exact) mass is 299 g/mol. The van der Waals surface area contributed by atoms with Crippen molar-refractivity contribution >= 4 is 11.9 Å². The number of hydrogen-bond donors (Lipinski definition) is 1. The zero-order valence-corrected chi connectivity index (χ0v) is 12.0. The summed E-state index contributed by atoms with van der Waals surface area (Å²) in [7, 11) is 1.46. The van der Waals surface area contributed by atoms with Crippen molar-refractivity contribution in [3.8, 4) is 5.75 Å². The van der Waals surface area contributed by atoms with E-state index < -0.39 is 23.4 Å². The Hall–Kier alpha value is -2.15. The summed E-state index contributed by atoms with van der Waals surface area (Å²) in [5.74, 6) is -2.30. The van der Waals surface area contributed by atoms with Gasteiger partial charge in [0, 0.05) is 19.7 Å². The number of aromatic hydroxyl groups is 1. The van der Waals surface area contributed by atoms with Gasteiger partial charge in [-0.3, -0.25) is 9.59 Å². The number of amides is 1. The number of rotatable bonds is 7. The molecule has 0 unspecified atom stereocenters. The number of ether oxygens (including phenoxy) is 2. The van der Waals surface area contributed by atoms with E-state index in [-0.39, 0.29) is 31.9 Å². The average molecular weight is 299 g/mol. The summed E-state index contributed by atoms with van der Waals surface area (Å²) in [4.78, 5) is 25.0. The van der Waals surface area contributed by atoms with Crippen molar-refractivity contribution in [2.45, 2.75) is 6.92 Å². The zero-order valence-electron chi connectivity index (χ0n) is 12.0. The van der Waals surface area contributed by atoms with E-state index in [0.717, 1.165) is 18.2 Å². The Morgan fingerprint density at radius 2 is 2.10 bits per heavy atom. The predicted molar refractivity (Wildman–Crippen MR) is 72.5 cm³/mol. The van der Waals surface area contributed by atoms with Gasteiger partial charge in [0.25, 0.3) is 5.91 Å². The minimum Gasteiger partial charge on any atom is -0.507 e. The number of carbonyl (C=O) groups excluding carboxylic acids is 2. The van der Waals surface area contributed by atoms with Gasteiger partial charge in [0.05, 0.1) is 18.8 Å². The topological polar surface area (TPSA) is 76.1 Å². The second-order valence-corrected chi connectivity index (χ2v) is 4.19. The summed E-state index contributed by atoms with van der Waals surface area (Å²) in [5.41, 5.74) is -0.0863. The SMILES string of the molecule is CCOC(=O)CN(CCOC)C(=O)c1ccc(F)cc1O. The fourth-order valence-electron chi connectivity index (χ4n) is 1.67. The minimum atomic E-state index is -0.655. The maximum absolute atomic E-state index is 12.9. The summed E-state index contributed by atoms with van der Waals surface area (Å²) >= 11 is 0. The van der Waals surface area contributed by atoms with Crippen LogP contribution in [0, 0.1) is 5.82 Å². The van der Waals surface area contributed by atoms with E-state index >= 15 is 0 Å². The van der Waals surface area contributed by atoms with E-state index in [1.807, 2.05) is 0 Å². The summed E-state index contributed by atoms with van der Waals surface area (Å²) < 4.78 is 22.6. The van der Waals surface area contributed by atoms with Crippen LogP contribution in [0.1, 0.15) is 17.3 Å². The number of esters is 1. The third-order valence-electron chi connectivity index (χ3n) is 2.67. The van der Waals surface area contributed by atoms with Crippen molar-refractivity contribution in [1.29, 1.82) is 0 Å². The van der Waals surface area contributed by atoms with Gasteiger partial charge in [0.1, 0.15) is 18.1 Å². The molecule has 1 aromatic carbocycles. The Morgan fingerprint density at radius 3 is 2.67 bits per heavy atom. The lowest BCUT2D eigenvalue weighted by Gasteiger charge is -2.21. The first-order valence-corrected chi connectivity index (χ1v) is 6.42. The van der Waals surface area contributed by atoms with Crippen LogP contribution in [0.15, 0.2) is 18.2 Å². The molecule has 0 saturated heterocycles. The Kier molecular flexibility index (Phi) is 6.61. The van der Waals surface area contributed by atoms with E-state index in [4.69, 9.17) is 9.47 Å². The van der Waals surface area contributed by atoms with E-state index in [9.17, 15) is 19.1 Å². The van der Waals surface area contributed by atoms with Crippen LogP contribution in [0.3, 0.4) is 0 Å². The Labute approximate surface area is 122 Å². The highest BCUT2D eigenvalue weighted by Crippen LogP contribution is 2.20. The highest BCUT2D eigenvalue weighted by Gasteiger charge is 2.22. The van der Waals surface area contributed by atoms with Crippen molar-refractivity contribution in [1.82, 2.24) is 4.90 Å². The number of benzene rings is 1. The maximum Gasteiger partial charge on any atom is 0.325 e. The highest BCUT2D eigenvalue weighted by atomic mass is 19.1. The molecule has 7 heteroatoms. The molecule has 0 aliphatic heterocycles. The minimum absolute atomic E-state index is 0.0863. The van der Waals surface area contributed by atoms with Gasteiger partial charge in [-0.1, -0.05) is 0 Å². The van der Waals surface area contributed by atoms with Gasteiger partial charge in [-0.15, -0.1) is 0 Å². The lowest BCUT2D eigenvalue weighted by atomic mass is 10.1. The molecule has 1 amide bonds. The summed E-state index contributed by atoms with van der Waals surface area (Å²) in [6.07, 6.45) is 0. The van der Waals surface area contributed by atoms with Crippen molar-refractivity contribution in [3.63, 3.8) is 0 Å². The molecule has 1 rings (SSSR count). The fraction of sp³-hybridized carbons (Fsp3) is 0.429. The van der Waals surface area contributed by atoms with Crippen LogP contribution in [0.25, 0.3) is 0 Å². The molecule has 1 N–H and O–H groups in total. The molecule has 0 fully saturated rings. The second kappa shape index (κ2) is 8.21. The van der Waals surface area contributed by atoms with Crippen LogP contribution in [-0.2, 0) is 14.3 Å². The molecule has 0 bridgehead atoms. The quantitative estimate of drug-likeness (QED) is 0.765. The van der Waals surface area contributed by atoms with E-state index in [1.54, 1.807) is 6.92 Å². The Balaban J connectivity index is 2.90. The largest absolute Gasteiger partial charge is 0.507 e. The van der Waals surface area contributed by atoms with Gasteiger partial charge >= 0.3 is 5.97 Å². The van der Waals surface area contributed by atoms with Gasteiger partial charge < -0.3 is 19.5 Å². The van der Waals surface area contributed by atoms with E-state index in [2.05, 4.69) is 0 Å². The fourth-order valence-corrected chi connectivity index (χ4v) is 1.67. The van der Waals surface area contributed by atoms with Gasteiger partial charge in [0.15, 0.2) is 0 Å². The van der Waals surface area contributed by atoms with Crippen molar-refractivity contribution in [2.24, 2.45) is 0 Å². The molecule has 0 aliphatic carbocycles. The van der Waals surface area contributed by atoms with Gasteiger partial charge in [-0.2, -0.15) is 0 Å². The summed E-state index contributed by atoms with van der Waals surface area (Å²) in [6, 6.07) is 3.07. The highest BCUT2D eigenvalue weighted by molar-refractivity contribution is 5.98. The number of nitrogens with zero attached hydrogens (tertiary/aromatic N) is 1. The number of halogens is 1. The number of carbonyl (C=O) groups is 2. The molecule has 21 heavy (non-hydrogen) atoms. The molecule has 0 atom stereocenters. The molecular formula is C14H18FNO5. The van der Waals surface area contributed by atoms with Crippen LogP contribution in [-0.4, -0.2) is 55.3 Å². The molecule has 0 heterocycles. The summed E-state index contributed by atoms with van der Waals surface area (Å²) in [5, 5.41) is 9.64. The lowest BCUT2D eigenvalue weighted by molar-refractivity contribution is -0.143. The van der Waals surface area contributed by atoms with Crippen molar-refractivity contribution in [3.05, 3.63) is 29.6 Å². The molecule has 116 valence electrons. The summed E-state index contributed by atoms with van der Waals surface area (Å²) in [6.45, 7) is 1.95. The smallest absolute Gasteiger partial charge is 0.325 e. The maximum atomic E-state index is 12.9. The first-order chi connectivity index (χ1) is 9.99. The number of methoxy groups -OCH3 is 1. The van der Waals surface area contributed by atoms with Crippen molar-refractivity contribution < 1.29 is 28.6 Å². The molecular weight excluding hydrogens is 281 g/mol. The predicted octanol–water partition coefficient (Wildman–Crippen LogP) is 1.18. The molecule has 0 aromatic heterocycles. The van der Waals surface area contributed by atoms with Crippen molar-refractivity contribution in [2.75, 3.05) is 33.4 Å². The lowest BCUT2D eigenvalue weighted by Crippen LogP contribution is -2.38. The number of hydrogen-bond acceptors (Lipinski definition) is 5. The van der Waals surface area contributed by atoms with Gasteiger partial charge in [0.2, 0.25) is 0 Å². The van der Waals surface area contributed by atoms with Gasteiger partial charge in [-0.05, 0) is 19.1 Å². The van der Waals surface area contributed by atoms with Crippen LogP contribution >= 0.6 is 0 Å². The number of phenols is 1. The van der Waals surface area contributed by atoms with Crippen LogP contribution in [0.4, 0.5) is 4.39 Å². The molecule has 0 spiro atoms. The van der Waals surface area contributed by atoms with E-state index in [0.29, 0.717) is 0 Å². The second-order valence-electron chi connectivity index (χ2n) is 4.19. The molecule has 6 nitrogen and oxygen atoms in total. The third kappa shape index (κ3) is 5.03. The normalized spacial score (nSPS) is 10.2. The first-order valence-electron chi connectivity index (χ1n) is 6.42. The van der Waals surface area contributed by atoms with Gasteiger partial charge in [-0.25, -0.2) is 4.39 Å². The third-order valence-corrected chi connectivity index (χ3v) is 2.67. The molecule has 0 saturated carbocycles. The van der Waals surface area contributed by atoms with Crippen LogP contribution < -0.4 is 0 Å².